The molecule has 0 aliphatic heterocycles. The number of nitrogens with zero attached hydrogens (tertiary/aromatic N) is 2. The third kappa shape index (κ3) is 3.54. The topological polar surface area (TPSA) is 53.1 Å². The first-order valence-corrected chi connectivity index (χ1v) is 6.19. The van der Waals surface area contributed by atoms with Crippen molar-refractivity contribution in [3.63, 3.8) is 0 Å². The maximum Gasteiger partial charge on any atom is 0.0640 e. The Balaban J connectivity index is 2.76. The molecule has 0 unspecified atom stereocenters. The first-order valence-electron chi connectivity index (χ1n) is 6.19. The van der Waals surface area contributed by atoms with Crippen molar-refractivity contribution in [2.75, 3.05) is 13.7 Å². The predicted octanol–water partition coefficient (Wildman–Crippen LogP) is 1.82. The molecule has 1 rings (SSSR count). The minimum atomic E-state index is -0.0969. The van der Waals surface area contributed by atoms with E-state index in [-0.39, 0.29) is 5.60 Å². The van der Waals surface area contributed by atoms with Gasteiger partial charge in [-0.2, -0.15) is 5.10 Å². The monoisotopic (exact) mass is 239 g/mol. The van der Waals surface area contributed by atoms with Gasteiger partial charge in [0.2, 0.25) is 0 Å². The van der Waals surface area contributed by atoms with E-state index in [1.165, 1.54) is 11.3 Å². The Morgan fingerprint density at radius 1 is 1.35 bits per heavy atom. The van der Waals surface area contributed by atoms with Gasteiger partial charge in [0, 0.05) is 19.3 Å². The van der Waals surface area contributed by atoms with Crippen molar-refractivity contribution in [2.45, 2.75) is 52.7 Å². The summed E-state index contributed by atoms with van der Waals surface area (Å²) in [6, 6.07) is 0. The Morgan fingerprint density at radius 2 is 2.00 bits per heavy atom. The van der Waals surface area contributed by atoms with Gasteiger partial charge in [-0.05, 0) is 52.6 Å². The standard InChI is InChI=1S/C13H25N3O/c1-10-12(6-8-14)11(2)16(15-10)9-7-13(3,4)17-5/h6-9,14H2,1-5H3. The quantitative estimate of drug-likeness (QED) is 0.824. The minimum absolute atomic E-state index is 0.0969. The lowest BCUT2D eigenvalue weighted by Gasteiger charge is -2.22. The van der Waals surface area contributed by atoms with E-state index in [4.69, 9.17) is 10.5 Å². The van der Waals surface area contributed by atoms with Crippen molar-refractivity contribution < 1.29 is 4.74 Å². The van der Waals surface area contributed by atoms with Gasteiger partial charge in [0.05, 0.1) is 11.3 Å². The second-order valence-electron chi connectivity index (χ2n) is 5.13. The number of methoxy groups -OCH3 is 1. The summed E-state index contributed by atoms with van der Waals surface area (Å²) in [7, 11) is 1.75. The van der Waals surface area contributed by atoms with Gasteiger partial charge in [-0.1, -0.05) is 0 Å². The highest BCUT2D eigenvalue weighted by atomic mass is 16.5. The molecule has 1 aromatic rings. The third-order valence-electron chi connectivity index (χ3n) is 3.40. The third-order valence-corrected chi connectivity index (χ3v) is 3.40. The zero-order valence-electron chi connectivity index (χ0n) is 11.7. The molecule has 0 spiro atoms. The van der Waals surface area contributed by atoms with Crippen molar-refractivity contribution in [3.8, 4) is 0 Å². The van der Waals surface area contributed by atoms with Gasteiger partial charge in [0.1, 0.15) is 0 Å². The highest BCUT2D eigenvalue weighted by Gasteiger charge is 2.18. The van der Waals surface area contributed by atoms with E-state index in [0.29, 0.717) is 6.54 Å². The lowest BCUT2D eigenvalue weighted by atomic mass is 10.1. The van der Waals surface area contributed by atoms with Gasteiger partial charge in [-0.3, -0.25) is 4.68 Å². The van der Waals surface area contributed by atoms with Crippen LogP contribution in [0.2, 0.25) is 0 Å². The Morgan fingerprint density at radius 3 is 2.53 bits per heavy atom. The fourth-order valence-electron chi connectivity index (χ4n) is 1.94. The van der Waals surface area contributed by atoms with Crippen LogP contribution in [0.3, 0.4) is 0 Å². The van der Waals surface area contributed by atoms with Crippen LogP contribution in [0.5, 0.6) is 0 Å². The number of ether oxygens (including phenoxy) is 1. The van der Waals surface area contributed by atoms with Gasteiger partial charge in [-0.25, -0.2) is 0 Å². The summed E-state index contributed by atoms with van der Waals surface area (Å²) in [5, 5.41) is 4.57. The van der Waals surface area contributed by atoms with Crippen LogP contribution in [0.25, 0.3) is 0 Å². The van der Waals surface area contributed by atoms with E-state index in [9.17, 15) is 0 Å². The predicted molar refractivity (Wildman–Crippen MR) is 70.2 cm³/mol. The molecule has 0 fully saturated rings. The Hall–Kier alpha value is -0.870. The molecule has 1 heterocycles. The van der Waals surface area contributed by atoms with Crippen LogP contribution in [0.15, 0.2) is 0 Å². The Labute approximate surface area is 104 Å². The molecular weight excluding hydrogens is 214 g/mol. The summed E-state index contributed by atoms with van der Waals surface area (Å²) in [6.45, 7) is 9.93. The molecule has 2 N–H and O–H groups in total. The maximum absolute atomic E-state index is 5.62. The van der Waals surface area contributed by atoms with Crippen molar-refractivity contribution in [2.24, 2.45) is 5.73 Å². The molecule has 4 heteroatoms. The molecule has 0 amide bonds. The Bertz CT molecular complexity index is 369. The average Bonchev–Trinajstić information content (AvgIpc) is 2.55. The normalized spacial score (nSPS) is 12.1. The smallest absolute Gasteiger partial charge is 0.0640 e. The SMILES string of the molecule is COC(C)(C)CCn1nc(C)c(CCN)c1C. The van der Waals surface area contributed by atoms with Crippen molar-refractivity contribution >= 4 is 0 Å². The number of hydrogen-bond acceptors (Lipinski definition) is 3. The van der Waals surface area contributed by atoms with Crippen LogP contribution in [-0.2, 0) is 17.7 Å². The molecule has 0 aliphatic rings. The molecule has 0 aromatic carbocycles. The van der Waals surface area contributed by atoms with Crippen LogP contribution in [0.1, 0.15) is 37.2 Å². The molecule has 0 radical (unpaired) electrons. The van der Waals surface area contributed by atoms with E-state index < -0.39 is 0 Å². The van der Waals surface area contributed by atoms with Crippen LogP contribution in [-0.4, -0.2) is 29.0 Å². The van der Waals surface area contributed by atoms with Crippen molar-refractivity contribution in [3.05, 3.63) is 17.0 Å². The summed E-state index contributed by atoms with van der Waals surface area (Å²) < 4.78 is 7.49. The molecule has 0 aliphatic carbocycles. The second-order valence-corrected chi connectivity index (χ2v) is 5.13. The molecule has 4 nitrogen and oxygen atoms in total. The van der Waals surface area contributed by atoms with E-state index in [1.54, 1.807) is 7.11 Å². The van der Waals surface area contributed by atoms with E-state index >= 15 is 0 Å². The fourth-order valence-corrected chi connectivity index (χ4v) is 1.94. The van der Waals surface area contributed by atoms with E-state index in [1.807, 2.05) is 0 Å². The molecule has 0 saturated heterocycles. The maximum atomic E-state index is 5.62. The first kappa shape index (κ1) is 14.2. The lowest BCUT2D eigenvalue weighted by Crippen LogP contribution is -2.25. The van der Waals surface area contributed by atoms with Crippen LogP contribution >= 0.6 is 0 Å². The first-order chi connectivity index (χ1) is 7.91. The second kappa shape index (κ2) is 5.65. The number of aromatic nitrogens is 2. The van der Waals surface area contributed by atoms with Gasteiger partial charge in [0.15, 0.2) is 0 Å². The molecular formula is C13H25N3O. The number of nitrogens with two attached hydrogens (primary N) is 1. The zero-order chi connectivity index (χ0) is 13.1. The van der Waals surface area contributed by atoms with Crippen molar-refractivity contribution in [1.29, 1.82) is 0 Å². The van der Waals surface area contributed by atoms with Crippen LogP contribution in [0.4, 0.5) is 0 Å². The summed E-state index contributed by atoms with van der Waals surface area (Å²) in [5.41, 5.74) is 9.15. The highest BCUT2D eigenvalue weighted by molar-refractivity contribution is 5.24. The highest BCUT2D eigenvalue weighted by Crippen LogP contribution is 2.18. The molecule has 0 saturated carbocycles. The number of rotatable bonds is 6. The van der Waals surface area contributed by atoms with Gasteiger partial charge >= 0.3 is 0 Å². The molecule has 98 valence electrons. The van der Waals surface area contributed by atoms with Gasteiger partial charge in [0.25, 0.3) is 0 Å². The van der Waals surface area contributed by atoms with Gasteiger partial charge in [-0.15, -0.1) is 0 Å². The lowest BCUT2D eigenvalue weighted by molar-refractivity contribution is 0.0112. The van der Waals surface area contributed by atoms with E-state index in [0.717, 1.165) is 25.1 Å². The summed E-state index contributed by atoms with van der Waals surface area (Å²) in [4.78, 5) is 0. The fraction of sp³-hybridized carbons (Fsp3) is 0.769. The average molecular weight is 239 g/mol. The largest absolute Gasteiger partial charge is 0.379 e. The van der Waals surface area contributed by atoms with Crippen LogP contribution < -0.4 is 5.73 Å². The number of hydrogen-bond donors (Lipinski definition) is 1. The van der Waals surface area contributed by atoms with E-state index in [2.05, 4.69) is 37.5 Å². The molecule has 0 atom stereocenters. The molecule has 0 bridgehead atoms. The Kier molecular flexibility index (Phi) is 4.71. The summed E-state index contributed by atoms with van der Waals surface area (Å²) in [6.07, 6.45) is 1.86. The summed E-state index contributed by atoms with van der Waals surface area (Å²) >= 11 is 0. The van der Waals surface area contributed by atoms with Crippen LogP contribution in [0, 0.1) is 13.8 Å². The van der Waals surface area contributed by atoms with Crippen molar-refractivity contribution in [1.82, 2.24) is 9.78 Å². The summed E-state index contributed by atoms with van der Waals surface area (Å²) in [5.74, 6) is 0. The minimum Gasteiger partial charge on any atom is -0.379 e. The molecule has 1 aromatic heterocycles. The zero-order valence-corrected chi connectivity index (χ0v) is 11.7. The van der Waals surface area contributed by atoms with Gasteiger partial charge < -0.3 is 10.5 Å². The molecule has 17 heavy (non-hydrogen) atoms. The number of aryl methyl sites for hydroxylation is 2.